The standard InChI is InChI=1S/C15H21FN2O2/c1-18(10-11-2-4-13(16)5-3-11)15(19)14(17)12-6-8-20-9-7-12/h2-5,12,14H,6-10,17H2,1H3. The Balaban J connectivity index is 1.92. The lowest BCUT2D eigenvalue weighted by molar-refractivity contribution is -0.133. The normalized spacial score (nSPS) is 17.8. The molecule has 0 bridgehead atoms. The Bertz CT molecular complexity index is 444. The van der Waals surface area contributed by atoms with Gasteiger partial charge >= 0.3 is 0 Å². The summed E-state index contributed by atoms with van der Waals surface area (Å²) in [5, 5.41) is 0. The number of ether oxygens (including phenoxy) is 1. The molecule has 1 saturated heterocycles. The van der Waals surface area contributed by atoms with Crippen molar-refractivity contribution in [2.75, 3.05) is 20.3 Å². The summed E-state index contributed by atoms with van der Waals surface area (Å²) in [6.45, 7) is 1.79. The molecule has 1 aromatic rings. The fourth-order valence-corrected chi connectivity index (χ4v) is 2.47. The van der Waals surface area contributed by atoms with Crippen LogP contribution in [0.4, 0.5) is 4.39 Å². The molecule has 4 nitrogen and oxygen atoms in total. The summed E-state index contributed by atoms with van der Waals surface area (Å²) in [5.74, 6) is -0.158. The van der Waals surface area contributed by atoms with Gasteiger partial charge in [0.15, 0.2) is 0 Å². The molecule has 0 aromatic heterocycles. The van der Waals surface area contributed by atoms with Crippen LogP contribution in [0.25, 0.3) is 0 Å². The van der Waals surface area contributed by atoms with Crippen LogP contribution in [-0.2, 0) is 16.1 Å². The summed E-state index contributed by atoms with van der Waals surface area (Å²) in [6.07, 6.45) is 1.66. The first kappa shape index (κ1) is 14.9. The van der Waals surface area contributed by atoms with E-state index in [9.17, 15) is 9.18 Å². The van der Waals surface area contributed by atoms with Gasteiger partial charge in [-0.2, -0.15) is 0 Å². The molecule has 0 saturated carbocycles. The Hall–Kier alpha value is -1.46. The molecule has 1 heterocycles. The van der Waals surface area contributed by atoms with Crippen molar-refractivity contribution in [1.29, 1.82) is 0 Å². The third kappa shape index (κ3) is 3.77. The van der Waals surface area contributed by atoms with Gasteiger partial charge in [-0.25, -0.2) is 4.39 Å². The zero-order valence-electron chi connectivity index (χ0n) is 11.7. The van der Waals surface area contributed by atoms with Crippen LogP contribution in [0, 0.1) is 11.7 Å². The second kappa shape index (κ2) is 6.81. The number of carbonyl (C=O) groups is 1. The summed E-state index contributed by atoms with van der Waals surface area (Å²) in [6, 6.07) is 5.67. The molecule has 20 heavy (non-hydrogen) atoms. The SMILES string of the molecule is CN(Cc1ccc(F)cc1)C(=O)C(N)C1CCOCC1. The lowest BCUT2D eigenvalue weighted by Crippen LogP contribution is -2.47. The van der Waals surface area contributed by atoms with E-state index in [1.165, 1.54) is 12.1 Å². The Kier molecular flexibility index (Phi) is 5.09. The first-order valence-electron chi connectivity index (χ1n) is 6.90. The van der Waals surface area contributed by atoms with E-state index in [0.717, 1.165) is 18.4 Å². The minimum atomic E-state index is -0.482. The Morgan fingerprint density at radius 3 is 2.60 bits per heavy atom. The largest absolute Gasteiger partial charge is 0.381 e. The van der Waals surface area contributed by atoms with Crippen LogP contribution in [0.5, 0.6) is 0 Å². The number of nitrogens with zero attached hydrogens (tertiary/aromatic N) is 1. The summed E-state index contributed by atoms with van der Waals surface area (Å²) in [7, 11) is 1.73. The van der Waals surface area contributed by atoms with Gasteiger partial charge in [-0.3, -0.25) is 4.79 Å². The second-order valence-corrected chi connectivity index (χ2v) is 5.30. The van der Waals surface area contributed by atoms with E-state index in [-0.39, 0.29) is 17.6 Å². The number of rotatable bonds is 4. The molecular formula is C15H21FN2O2. The highest BCUT2D eigenvalue weighted by molar-refractivity contribution is 5.81. The fraction of sp³-hybridized carbons (Fsp3) is 0.533. The molecule has 0 spiro atoms. The Morgan fingerprint density at radius 1 is 1.40 bits per heavy atom. The van der Waals surface area contributed by atoms with E-state index < -0.39 is 6.04 Å². The number of benzene rings is 1. The lowest BCUT2D eigenvalue weighted by Gasteiger charge is -2.29. The van der Waals surface area contributed by atoms with Crippen molar-refractivity contribution in [2.45, 2.75) is 25.4 Å². The van der Waals surface area contributed by atoms with Crippen molar-refractivity contribution in [2.24, 2.45) is 11.7 Å². The van der Waals surface area contributed by atoms with E-state index in [1.807, 2.05) is 0 Å². The van der Waals surface area contributed by atoms with Crippen molar-refractivity contribution < 1.29 is 13.9 Å². The minimum absolute atomic E-state index is 0.0683. The Labute approximate surface area is 118 Å². The molecule has 1 unspecified atom stereocenters. The lowest BCUT2D eigenvalue weighted by atomic mass is 9.91. The topological polar surface area (TPSA) is 55.6 Å². The summed E-state index contributed by atoms with van der Waals surface area (Å²) < 4.78 is 18.1. The first-order chi connectivity index (χ1) is 9.58. The average Bonchev–Trinajstić information content (AvgIpc) is 2.49. The van der Waals surface area contributed by atoms with Gasteiger partial charge < -0.3 is 15.4 Å². The summed E-state index contributed by atoms with van der Waals surface area (Å²) in [5.41, 5.74) is 6.95. The predicted octanol–water partition coefficient (Wildman–Crippen LogP) is 1.54. The van der Waals surface area contributed by atoms with Gasteiger partial charge in [0.1, 0.15) is 5.82 Å². The van der Waals surface area contributed by atoms with E-state index in [4.69, 9.17) is 10.5 Å². The van der Waals surface area contributed by atoms with Crippen LogP contribution in [0.15, 0.2) is 24.3 Å². The molecule has 1 amide bonds. The number of carbonyl (C=O) groups excluding carboxylic acids is 1. The van der Waals surface area contributed by atoms with E-state index in [0.29, 0.717) is 19.8 Å². The van der Waals surface area contributed by atoms with Crippen LogP contribution in [0.1, 0.15) is 18.4 Å². The van der Waals surface area contributed by atoms with Gasteiger partial charge in [0.25, 0.3) is 0 Å². The second-order valence-electron chi connectivity index (χ2n) is 5.30. The third-order valence-corrected chi connectivity index (χ3v) is 3.77. The molecule has 110 valence electrons. The third-order valence-electron chi connectivity index (χ3n) is 3.77. The van der Waals surface area contributed by atoms with Crippen molar-refractivity contribution in [3.63, 3.8) is 0 Å². The number of halogens is 1. The number of hydrogen-bond donors (Lipinski definition) is 1. The van der Waals surface area contributed by atoms with Gasteiger partial charge in [0.05, 0.1) is 6.04 Å². The monoisotopic (exact) mass is 280 g/mol. The van der Waals surface area contributed by atoms with E-state index >= 15 is 0 Å². The van der Waals surface area contributed by atoms with Crippen molar-refractivity contribution in [1.82, 2.24) is 4.90 Å². The van der Waals surface area contributed by atoms with Crippen LogP contribution < -0.4 is 5.73 Å². The maximum absolute atomic E-state index is 12.8. The highest BCUT2D eigenvalue weighted by Crippen LogP contribution is 2.19. The molecule has 1 aromatic carbocycles. The van der Waals surface area contributed by atoms with Crippen LogP contribution in [0.2, 0.25) is 0 Å². The molecule has 1 aliphatic rings. The van der Waals surface area contributed by atoms with Crippen molar-refractivity contribution in [3.8, 4) is 0 Å². The number of amides is 1. The molecular weight excluding hydrogens is 259 g/mol. The minimum Gasteiger partial charge on any atom is -0.381 e. The van der Waals surface area contributed by atoms with Gasteiger partial charge in [0, 0.05) is 26.8 Å². The van der Waals surface area contributed by atoms with Crippen LogP contribution in [0.3, 0.4) is 0 Å². The number of nitrogens with two attached hydrogens (primary N) is 1. The molecule has 1 aliphatic heterocycles. The van der Waals surface area contributed by atoms with Crippen LogP contribution in [-0.4, -0.2) is 37.1 Å². The first-order valence-corrected chi connectivity index (χ1v) is 6.90. The Morgan fingerprint density at radius 2 is 2.00 bits per heavy atom. The molecule has 5 heteroatoms. The zero-order valence-corrected chi connectivity index (χ0v) is 11.7. The summed E-state index contributed by atoms with van der Waals surface area (Å²) in [4.78, 5) is 13.9. The van der Waals surface area contributed by atoms with E-state index in [2.05, 4.69) is 0 Å². The zero-order chi connectivity index (χ0) is 14.5. The predicted molar refractivity (Wildman–Crippen MR) is 74.4 cm³/mol. The fourth-order valence-electron chi connectivity index (χ4n) is 2.47. The molecule has 1 atom stereocenters. The van der Waals surface area contributed by atoms with Gasteiger partial charge in [-0.15, -0.1) is 0 Å². The van der Waals surface area contributed by atoms with E-state index in [1.54, 1.807) is 24.1 Å². The molecule has 0 radical (unpaired) electrons. The summed E-state index contributed by atoms with van der Waals surface area (Å²) >= 11 is 0. The quantitative estimate of drug-likeness (QED) is 0.910. The van der Waals surface area contributed by atoms with Gasteiger partial charge in [-0.05, 0) is 36.5 Å². The molecule has 2 N–H and O–H groups in total. The van der Waals surface area contributed by atoms with Crippen molar-refractivity contribution in [3.05, 3.63) is 35.6 Å². The number of likely N-dealkylation sites (N-methyl/N-ethyl adjacent to an activating group) is 1. The highest BCUT2D eigenvalue weighted by atomic mass is 19.1. The molecule has 2 rings (SSSR count). The van der Waals surface area contributed by atoms with Crippen LogP contribution >= 0.6 is 0 Å². The highest BCUT2D eigenvalue weighted by Gasteiger charge is 2.28. The maximum atomic E-state index is 12.8. The smallest absolute Gasteiger partial charge is 0.239 e. The maximum Gasteiger partial charge on any atom is 0.239 e. The molecule has 0 aliphatic carbocycles. The number of hydrogen-bond acceptors (Lipinski definition) is 3. The van der Waals surface area contributed by atoms with Crippen molar-refractivity contribution >= 4 is 5.91 Å². The van der Waals surface area contributed by atoms with Gasteiger partial charge in [0.2, 0.25) is 5.91 Å². The average molecular weight is 280 g/mol. The van der Waals surface area contributed by atoms with Gasteiger partial charge in [-0.1, -0.05) is 12.1 Å². The molecule has 1 fully saturated rings.